The smallest absolute Gasteiger partial charge is 0.205 e. The van der Waals surface area contributed by atoms with E-state index in [0.29, 0.717) is 5.82 Å². The van der Waals surface area contributed by atoms with E-state index in [9.17, 15) is 4.39 Å². The van der Waals surface area contributed by atoms with Gasteiger partial charge in [-0.25, -0.2) is 4.39 Å². The van der Waals surface area contributed by atoms with Crippen LogP contribution in [0, 0.1) is 5.82 Å². The number of hydrogen-bond acceptors (Lipinski definition) is 5. The number of halogens is 2. The Labute approximate surface area is 168 Å². The van der Waals surface area contributed by atoms with Crippen molar-refractivity contribution in [2.75, 3.05) is 37.6 Å². The molecule has 0 spiro atoms. The lowest BCUT2D eigenvalue weighted by molar-refractivity contribution is 0.260. The van der Waals surface area contributed by atoms with Crippen LogP contribution in [0.15, 0.2) is 47.0 Å². The van der Waals surface area contributed by atoms with Gasteiger partial charge >= 0.3 is 0 Å². The van der Waals surface area contributed by atoms with Crippen LogP contribution in [0.3, 0.4) is 0 Å². The van der Waals surface area contributed by atoms with E-state index >= 15 is 0 Å². The first-order valence-electron chi connectivity index (χ1n) is 9.28. The molecule has 1 fully saturated rings. The first-order valence-corrected chi connectivity index (χ1v) is 10.4. The van der Waals surface area contributed by atoms with Gasteiger partial charge in [0.15, 0.2) is 5.82 Å². The fourth-order valence-corrected chi connectivity index (χ4v) is 4.31. The van der Waals surface area contributed by atoms with Crippen molar-refractivity contribution in [2.45, 2.75) is 19.3 Å². The normalized spacial score (nSPS) is 18.4. The first kappa shape index (κ1) is 18.6. The lowest BCUT2D eigenvalue weighted by Gasteiger charge is -2.34. The molecule has 2 aromatic rings. The van der Waals surface area contributed by atoms with E-state index in [2.05, 4.69) is 25.2 Å². The van der Waals surface area contributed by atoms with Crippen molar-refractivity contribution >= 4 is 28.3 Å². The van der Waals surface area contributed by atoms with Gasteiger partial charge in [-0.3, -0.25) is 4.90 Å². The predicted octanol–water partition coefficient (Wildman–Crippen LogP) is 4.70. The van der Waals surface area contributed by atoms with Crippen LogP contribution < -0.4 is 4.90 Å². The number of rotatable bonds is 5. The summed E-state index contributed by atoms with van der Waals surface area (Å²) < 4.78 is 17.8. The summed E-state index contributed by atoms with van der Waals surface area (Å²) in [4.78, 5) is 9.40. The number of piperazine rings is 1. The second-order valence-electron chi connectivity index (χ2n) is 6.93. The van der Waals surface area contributed by atoms with Gasteiger partial charge in [0, 0.05) is 54.9 Å². The fourth-order valence-electron chi connectivity index (χ4n) is 3.42. The molecular formula is C20H22ClFN4S. The summed E-state index contributed by atoms with van der Waals surface area (Å²) in [6.45, 7) is 5.04. The Bertz CT molecular complexity index is 855. The molecule has 1 aliphatic heterocycles. The van der Waals surface area contributed by atoms with Crippen LogP contribution in [-0.2, 0) is 0 Å². The van der Waals surface area contributed by atoms with Crippen molar-refractivity contribution in [3.8, 4) is 11.4 Å². The molecule has 0 N–H and O–H groups in total. The van der Waals surface area contributed by atoms with E-state index in [1.54, 1.807) is 6.07 Å². The molecule has 1 aliphatic carbocycles. The van der Waals surface area contributed by atoms with E-state index in [-0.39, 0.29) is 5.82 Å². The quantitative estimate of drug-likeness (QED) is 0.723. The van der Waals surface area contributed by atoms with Crippen LogP contribution >= 0.6 is 23.1 Å². The standard InChI is InChI=1S/C20H22ClFN4S/c21-17-6-4-15(5-7-17)8-9-25-10-12-26(13-11-25)20-23-19(24-27-20)16-2-1-3-18(22)14-16/h1-4,6,14H,5,7-13H2. The molecular weight excluding hydrogens is 383 g/mol. The van der Waals surface area contributed by atoms with Crippen molar-refractivity contribution < 1.29 is 4.39 Å². The first-order chi connectivity index (χ1) is 13.2. The zero-order valence-electron chi connectivity index (χ0n) is 15.1. The molecule has 4 rings (SSSR count). The van der Waals surface area contributed by atoms with Gasteiger partial charge in [0.2, 0.25) is 5.13 Å². The molecule has 27 heavy (non-hydrogen) atoms. The second kappa shape index (κ2) is 8.50. The topological polar surface area (TPSA) is 32.3 Å². The number of allylic oxidation sites excluding steroid dienone is 3. The molecule has 4 nitrogen and oxygen atoms in total. The molecule has 0 saturated carbocycles. The van der Waals surface area contributed by atoms with Gasteiger partial charge in [0.25, 0.3) is 0 Å². The van der Waals surface area contributed by atoms with Gasteiger partial charge in [-0.15, -0.1) is 0 Å². The molecule has 0 unspecified atom stereocenters. The molecule has 0 amide bonds. The van der Waals surface area contributed by atoms with E-state index in [4.69, 9.17) is 11.6 Å². The van der Waals surface area contributed by atoms with E-state index in [1.165, 1.54) is 29.2 Å². The molecule has 2 aliphatic rings. The highest BCUT2D eigenvalue weighted by Crippen LogP contribution is 2.26. The van der Waals surface area contributed by atoms with Crippen LogP contribution in [0.2, 0.25) is 0 Å². The molecule has 1 aromatic heterocycles. The fraction of sp³-hybridized carbons (Fsp3) is 0.400. The van der Waals surface area contributed by atoms with Gasteiger partial charge in [-0.05, 0) is 37.5 Å². The number of aromatic nitrogens is 2. The monoisotopic (exact) mass is 404 g/mol. The maximum Gasteiger partial charge on any atom is 0.205 e. The molecule has 0 bridgehead atoms. The molecule has 142 valence electrons. The lowest BCUT2D eigenvalue weighted by Crippen LogP contribution is -2.46. The van der Waals surface area contributed by atoms with Crippen molar-refractivity contribution in [2.24, 2.45) is 0 Å². The SMILES string of the molecule is Fc1cccc(-c2nsc(N3CCN(CCC4=CC=C(Cl)CC4)CC3)n2)c1. The zero-order chi connectivity index (χ0) is 18.6. The van der Waals surface area contributed by atoms with Crippen molar-refractivity contribution in [1.29, 1.82) is 0 Å². The van der Waals surface area contributed by atoms with Gasteiger partial charge in [0.05, 0.1) is 0 Å². The Hall–Kier alpha value is -1.76. The van der Waals surface area contributed by atoms with Crippen LogP contribution in [0.5, 0.6) is 0 Å². The minimum atomic E-state index is -0.261. The summed E-state index contributed by atoms with van der Waals surface area (Å²) in [5, 5.41) is 1.88. The molecule has 2 heterocycles. The summed E-state index contributed by atoms with van der Waals surface area (Å²) in [6, 6.07) is 6.45. The van der Waals surface area contributed by atoms with E-state index in [0.717, 1.165) is 67.7 Å². The Balaban J connectivity index is 1.29. The summed E-state index contributed by atoms with van der Waals surface area (Å²) in [5.41, 5.74) is 2.22. The van der Waals surface area contributed by atoms with Crippen LogP contribution in [0.25, 0.3) is 11.4 Å². The van der Waals surface area contributed by atoms with Crippen LogP contribution in [0.1, 0.15) is 19.3 Å². The third-order valence-corrected chi connectivity index (χ3v) is 6.17. The lowest BCUT2D eigenvalue weighted by atomic mass is 10.0. The van der Waals surface area contributed by atoms with Gasteiger partial charge < -0.3 is 4.90 Å². The average molecular weight is 405 g/mol. The van der Waals surface area contributed by atoms with Crippen LogP contribution in [-0.4, -0.2) is 47.0 Å². The average Bonchev–Trinajstić information content (AvgIpc) is 3.18. The maximum absolute atomic E-state index is 13.4. The van der Waals surface area contributed by atoms with Gasteiger partial charge in [-0.1, -0.05) is 35.4 Å². The predicted molar refractivity (Wildman–Crippen MR) is 110 cm³/mol. The summed E-state index contributed by atoms with van der Waals surface area (Å²) >= 11 is 7.42. The molecule has 1 saturated heterocycles. The Morgan fingerprint density at radius 3 is 2.70 bits per heavy atom. The minimum absolute atomic E-state index is 0.261. The molecule has 7 heteroatoms. The minimum Gasteiger partial charge on any atom is -0.344 e. The summed E-state index contributed by atoms with van der Waals surface area (Å²) in [6.07, 6.45) is 7.39. The maximum atomic E-state index is 13.4. The summed E-state index contributed by atoms with van der Waals surface area (Å²) in [5.74, 6) is 0.344. The summed E-state index contributed by atoms with van der Waals surface area (Å²) in [7, 11) is 0. The van der Waals surface area contributed by atoms with Crippen LogP contribution in [0.4, 0.5) is 9.52 Å². The third kappa shape index (κ3) is 4.75. The number of hydrogen-bond donors (Lipinski definition) is 0. The number of nitrogens with zero attached hydrogens (tertiary/aromatic N) is 4. The van der Waals surface area contributed by atoms with Gasteiger partial charge in [-0.2, -0.15) is 9.36 Å². The largest absolute Gasteiger partial charge is 0.344 e. The molecule has 1 aromatic carbocycles. The molecule has 0 radical (unpaired) electrons. The third-order valence-electron chi connectivity index (χ3n) is 5.07. The Morgan fingerprint density at radius 2 is 1.96 bits per heavy atom. The van der Waals surface area contributed by atoms with Crippen molar-refractivity contribution in [1.82, 2.24) is 14.3 Å². The Kier molecular flexibility index (Phi) is 5.86. The highest BCUT2D eigenvalue weighted by atomic mass is 35.5. The number of anilines is 1. The zero-order valence-corrected chi connectivity index (χ0v) is 16.6. The van der Waals surface area contributed by atoms with Gasteiger partial charge in [0.1, 0.15) is 5.82 Å². The highest BCUT2D eigenvalue weighted by Gasteiger charge is 2.20. The van der Waals surface area contributed by atoms with Crippen molar-refractivity contribution in [3.05, 3.63) is 52.8 Å². The molecule has 0 atom stereocenters. The second-order valence-corrected chi connectivity index (χ2v) is 8.14. The van der Waals surface area contributed by atoms with E-state index in [1.807, 2.05) is 12.1 Å². The number of benzene rings is 1. The van der Waals surface area contributed by atoms with Crippen molar-refractivity contribution in [3.63, 3.8) is 0 Å². The Morgan fingerprint density at radius 1 is 1.11 bits per heavy atom. The van der Waals surface area contributed by atoms with E-state index < -0.39 is 0 Å². The highest BCUT2D eigenvalue weighted by molar-refractivity contribution is 7.09.